The van der Waals surface area contributed by atoms with E-state index in [9.17, 15) is 0 Å². The molecule has 2 nitrogen and oxygen atoms in total. The lowest BCUT2D eigenvalue weighted by atomic mass is 9.28. The van der Waals surface area contributed by atoms with Gasteiger partial charge in [0, 0.05) is 45.0 Å². The second-order valence-corrected chi connectivity index (χ2v) is 28.7. The first-order valence-electron chi connectivity index (χ1n) is 26.8. The fraction of sp³-hybridized carbons (Fsp3) is 0.364. The molecule has 0 bridgehead atoms. The second kappa shape index (κ2) is 13.7. The normalized spacial score (nSPS) is 15.6. The Morgan fingerprint density at radius 1 is 0.254 bits per heavy atom. The molecular formula is C66H71B3N2. The van der Waals surface area contributed by atoms with E-state index in [1.165, 1.54) is 139 Å². The molecular weight excluding hydrogens is 853 g/mol. The zero-order valence-electron chi connectivity index (χ0n) is 45.9. The van der Waals surface area contributed by atoms with Crippen LogP contribution in [0.4, 0.5) is 22.7 Å². The fourth-order valence-corrected chi connectivity index (χ4v) is 13.6. The summed E-state index contributed by atoms with van der Waals surface area (Å²) >= 11 is 0. The molecule has 6 heterocycles. The minimum Gasteiger partial charge on any atom is -0.377 e. The van der Waals surface area contributed by atoms with Crippen molar-refractivity contribution in [2.24, 2.45) is 0 Å². The largest absolute Gasteiger partial charge is 0.377 e. The third-order valence-corrected chi connectivity index (χ3v) is 17.7. The Kier molecular flexibility index (Phi) is 8.71. The van der Waals surface area contributed by atoms with Crippen LogP contribution in [0.5, 0.6) is 0 Å². The molecule has 71 heavy (non-hydrogen) atoms. The van der Waals surface area contributed by atoms with E-state index in [2.05, 4.69) is 237 Å². The highest BCUT2D eigenvalue weighted by Gasteiger charge is 2.57. The van der Waals surface area contributed by atoms with Crippen molar-refractivity contribution >= 4 is 81.4 Å². The molecule has 0 saturated carbocycles. The average Bonchev–Trinajstić information content (AvgIpc) is 3.28. The molecule has 0 aliphatic carbocycles. The Labute approximate surface area is 427 Å². The second-order valence-electron chi connectivity index (χ2n) is 28.7. The van der Waals surface area contributed by atoms with Crippen molar-refractivity contribution in [2.45, 2.75) is 157 Å². The van der Waals surface area contributed by atoms with Gasteiger partial charge in [-0.1, -0.05) is 210 Å². The van der Waals surface area contributed by atoms with E-state index < -0.39 is 0 Å². The van der Waals surface area contributed by atoms with E-state index in [0.717, 1.165) is 0 Å². The van der Waals surface area contributed by atoms with Crippen LogP contribution < -0.4 is 47.9 Å². The number of rotatable bonds is 0. The van der Waals surface area contributed by atoms with E-state index in [-0.39, 0.29) is 52.9 Å². The fourth-order valence-electron chi connectivity index (χ4n) is 13.6. The highest BCUT2D eigenvalue weighted by molar-refractivity contribution is 7.06. The molecule has 0 saturated heterocycles. The van der Waals surface area contributed by atoms with Gasteiger partial charge in [-0.15, -0.1) is 0 Å². The van der Waals surface area contributed by atoms with Crippen molar-refractivity contribution in [1.82, 2.24) is 0 Å². The Bertz CT molecular complexity index is 3340. The number of fused-ring (bicyclic) bond motifs is 14. The first kappa shape index (κ1) is 45.2. The lowest BCUT2D eigenvalue weighted by Gasteiger charge is -2.55. The predicted molar refractivity (Wildman–Crippen MR) is 312 cm³/mol. The maximum atomic E-state index is 2.89. The van der Waals surface area contributed by atoms with Gasteiger partial charge < -0.3 is 9.62 Å². The lowest BCUT2D eigenvalue weighted by molar-refractivity contribution is 0.590. The van der Waals surface area contributed by atoms with Crippen LogP contribution in [0.2, 0.25) is 0 Å². The van der Waals surface area contributed by atoms with Crippen LogP contribution in [-0.2, 0) is 32.5 Å². The highest BCUT2D eigenvalue weighted by atomic mass is 15.1. The number of anilines is 4. The minimum atomic E-state index is -0.0720. The molecule has 6 aliphatic rings. The summed E-state index contributed by atoms with van der Waals surface area (Å²) in [6.45, 7) is 43.1. The van der Waals surface area contributed by atoms with Gasteiger partial charge >= 0.3 is 13.7 Å². The summed E-state index contributed by atoms with van der Waals surface area (Å²) in [5.41, 5.74) is 34.9. The van der Waals surface area contributed by atoms with E-state index in [1.807, 2.05) is 0 Å². The van der Waals surface area contributed by atoms with Crippen molar-refractivity contribution in [1.29, 1.82) is 0 Å². The molecule has 354 valence electrons. The molecule has 0 atom stereocenters. The molecule has 0 radical (unpaired) electrons. The van der Waals surface area contributed by atoms with Crippen LogP contribution in [0.15, 0.2) is 103 Å². The molecule has 0 N–H and O–H groups in total. The summed E-state index contributed by atoms with van der Waals surface area (Å²) in [5.74, 6) is 0. The molecule has 0 amide bonds. The van der Waals surface area contributed by atoms with Crippen LogP contribution in [-0.4, -0.2) is 20.4 Å². The van der Waals surface area contributed by atoms with Crippen molar-refractivity contribution in [3.63, 3.8) is 0 Å². The predicted octanol–water partition coefficient (Wildman–Crippen LogP) is 12.4. The van der Waals surface area contributed by atoms with Crippen LogP contribution in [0.1, 0.15) is 158 Å². The van der Waals surface area contributed by atoms with Gasteiger partial charge in [-0.05, 0) is 145 Å². The number of hydrogen-bond acceptors (Lipinski definition) is 2. The lowest BCUT2D eigenvalue weighted by Crippen LogP contribution is -2.72. The quantitative estimate of drug-likeness (QED) is 0.140. The van der Waals surface area contributed by atoms with Gasteiger partial charge in [0.15, 0.2) is 0 Å². The van der Waals surface area contributed by atoms with Gasteiger partial charge in [-0.3, -0.25) is 0 Å². The van der Waals surface area contributed by atoms with Crippen LogP contribution >= 0.6 is 0 Å². The number of nitrogens with zero attached hydrogens (tertiary/aromatic N) is 2. The Morgan fingerprint density at radius 3 is 0.775 bits per heavy atom. The summed E-state index contributed by atoms with van der Waals surface area (Å²) in [4.78, 5) is 5.79. The standard InChI is InChI=1S/C66H71B3N2/c1-61(2,3)36-19-23-42-46-27-40(65(13,14)15)33-54-57(46)70-59-48(44-25-21-38(63(7,8)9)31-52(44)68(70)50(42)29-36)35-49-45-26-22-39(64(10,11)12)32-53(45)69-51-30-37(62(4,5)6)20-24-43(51)47-28-41(66(16,17)18)34-55-58(47)71(69)60(49)56(59)67(54)55/h19-35H,1-18H3. The van der Waals surface area contributed by atoms with Crippen molar-refractivity contribution in [3.05, 3.63) is 137 Å². The smallest absolute Gasteiger partial charge is 0.329 e. The molecule has 6 aliphatic heterocycles. The third-order valence-electron chi connectivity index (χ3n) is 17.7. The van der Waals surface area contributed by atoms with E-state index >= 15 is 0 Å². The Morgan fingerprint density at radius 2 is 0.507 bits per heavy atom. The van der Waals surface area contributed by atoms with Crippen LogP contribution in [0, 0.1) is 0 Å². The van der Waals surface area contributed by atoms with Crippen LogP contribution in [0.25, 0.3) is 44.5 Å². The van der Waals surface area contributed by atoms with E-state index in [4.69, 9.17) is 0 Å². The molecule has 0 unspecified atom stereocenters. The van der Waals surface area contributed by atoms with Gasteiger partial charge in [0.05, 0.1) is 0 Å². The Hall–Kier alpha value is -5.67. The SMILES string of the molecule is CC(C)(C)c1ccc2c(c1)B1c3cc(C(C)(C)C)ccc3-c3cc4c5c6c3N1c1c(cc(C(C)(C)C)cc1-2)B6c1cc(C(C)(C)C)cc2c1N5B(c1cc(C(C)(C)C)ccc1-2)c1cc(C(C)(C)C)ccc1-4. The van der Waals surface area contributed by atoms with Gasteiger partial charge in [0.1, 0.15) is 0 Å². The summed E-state index contributed by atoms with van der Waals surface area (Å²) in [6, 6.07) is 43.4. The monoisotopic (exact) mass is 925 g/mol. The van der Waals surface area contributed by atoms with E-state index in [1.54, 1.807) is 0 Å². The molecule has 5 heteroatoms. The zero-order chi connectivity index (χ0) is 50.3. The van der Waals surface area contributed by atoms with Gasteiger partial charge in [-0.2, -0.15) is 0 Å². The summed E-state index contributed by atoms with van der Waals surface area (Å²) < 4.78 is 0. The molecule has 0 spiro atoms. The first-order chi connectivity index (χ1) is 33.0. The minimum absolute atomic E-state index is 0.00665. The highest BCUT2D eigenvalue weighted by Crippen LogP contribution is 2.56. The van der Waals surface area contributed by atoms with Crippen molar-refractivity contribution in [3.8, 4) is 44.5 Å². The molecule has 13 rings (SSSR count). The summed E-state index contributed by atoms with van der Waals surface area (Å²) in [5, 5.41) is 0. The molecule has 7 aromatic carbocycles. The molecule has 0 aromatic heterocycles. The zero-order valence-corrected chi connectivity index (χ0v) is 45.9. The summed E-state index contributed by atoms with van der Waals surface area (Å²) in [7, 11) is 0. The van der Waals surface area contributed by atoms with Crippen LogP contribution in [0.3, 0.4) is 0 Å². The maximum absolute atomic E-state index is 2.89. The van der Waals surface area contributed by atoms with Gasteiger partial charge in [0.2, 0.25) is 0 Å². The first-order valence-corrected chi connectivity index (χ1v) is 26.8. The number of benzene rings is 7. The van der Waals surface area contributed by atoms with Gasteiger partial charge in [-0.25, -0.2) is 0 Å². The van der Waals surface area contributed by atoms with Gasteiger partial charge in [0.25, 0.3) is 6.71 Å². The number of hydrogen-bond donors (Lipinski definition) is 0. The third kappa shape index (κ3) is 6.11. The van der Waals surface area contributed by atoms with Crippen molar-refractivity contribution < 1.29 is 0 Å². The molecule has 7 aromatic rings. The van der Waals surface area contributed by atoms with Crippen molar-refractivity contribution in [2.75, 3.05) is 9.62 Å². The van der Waals surface area contributed by atoms with E-state index in [0.29, 0.717) is 0 Å². The average molecular weight is 925 g/mol. The maximum Gasteiger partial charge on any atom is 0.329 e. The molecule has 0 fully saturated rings. The summed E-state index contributed by atoms with van der Waals surface area (Å²) in [6.07, 6.45) is 0. The topological polar surface area (TPSA) is 6.48 Å². The Balaban J connectivity index is 1.27.